The molecule has 0 aliphatic carbocycles. The van der Waals surface area contributed by atoms with E-state index >= 15 is 0 Å². The molecule has 1 atom stereocenters. The third-order valence-corrected chi connectivity index (χ3v) is 5.29. The monoisotopic (exact) mass is 401 g/mol. The first-order valence-electron chi connectivity index (χ1n) is 12.2. The second-order valence-corrected chi connectivity index (χ2v) is 8.30. The average molecular weight is 402 g/mol. The smallest absolute Gasteiger partial charge is 0.0934 e. The van der Waals surface area contributed by atoms with Gasteiger partial charge in [-0.1, -0.05) is 90.9 Å². The standard InChI is InChI=1S/C24H51NO3/c1-4-6-8-10-11-12-13-14-15-16-20-27-23-24(22-25(3)18-19-26)28-21-17-9-7-5-2/h24,26H,4-23H2,1-3H3. The summed E-state index contributed by atoms with van der Waals surface area (Å²) in [7, 11) is 2.03. The highest BCUT2D eigenvalue weighted by atomic mass is 16.5. The summed E-state index contributed by atoms with van der Waals surface area (Å²) in [5, 5.41) is 9.10. The highest BCUT2D eigenvalue weighted by Crippen LogP contribution is 2.10. The Hall–Kier alpha value is -0.160. The lowest BCUT2D eigenvalue weighted by molar-refractivity contribution is -0.0324. The van der Waals surface area contributed by atoms with Gasteiger partial charge in [0.25, 0.3) is 0 Å². The largest absolute Gasteiger partial charge is 0.395 e. The van der Waals surface area contributed by atoms with Crippen molar-refractivity contribution in [2.24, 2.45) is 0 Å². The van der Waals surface area contributed by atoms with Crippen molar-refractivity contribution in [3.05, 3.63) is 0 Å². The van der Waals surface area contributed by atoms with Crippen LogP contribution in [0.3, 0.4) is 0 Å². The molecule has 0 radical (unpaired) electrons. The first-order chi connectivity index (χ1) is 13.7. The van der Waals surface area contributed by atoms with Crippen molar-refractivity contribution in [3.63, 3.8) is 0 Å². The zero-order valence-corrected chi connectivity index (χ0v) is 19.4. The van der Waals surface area contributed by atoms with Crippen LogP contribution >= 0.6 is 0 Å². The van der Waals surface area contributed by atoms with Crippen molar-refractivity contribution in [3.8, 4) is 0 Å². The lowest BCUT2D eigenvalue weighted by atomic mass is 10.1. The van der Waals surface area contributed by atoms with Gasteiger partial charge in [-0.3, -0.25) is 0 Å². The third kappa shape index (κ3) is 20.6. The fourth-order valence-electron chi connectivity index (χ4n) is 3.45. The molecule has 4 heteroatoms. The van der Waals surface area contributed by atoms with E-state index in [1.54, 1.807) is 0 Å². The summed E-state index contributed by atoms with van der Waals surface area (Å²) in [4.78, 5) is 2.13. The number of nitrogens with zero attached hydrogens (tertiary/aromatic N) is 1. The highest BCUT2D eigenvalue weighted by molar-refractivity contribution is 4.63. The summed E-state index contributed by atoms with van der Waals surface area (Å²) in [5.41, 5.74) is 0. The maximum absolute atomic E-state index is 9.10. The van der Waals surface area contributed by atoms with E-state index in [1.165, 1.54) is 77.0 Å². The van der Waals surface area contributed by atoms with E-state index < -0.39 is 0 Å². The SMILES string of the molecule is CCCCCCCCCCCCOCC(CN(C)CCO)OCCCCCC. The van der Waals surface area contributed by atoms with Crippen molar-refractivity contribution in [2.45, 2.75) is 110 Å². The molecule has 0 rings (SSSR count). The minimum absolute atomic E-state index is 0.112. The molecule has 4 nitrogen and oxygen atoms in total. The Bertz CT molecular complexity index is 289. The van der Waals surface area contributed by atoms with E-state index in [-0.39, 0.29) is 12.7 Å². The lowest BCUT2D eigenvalue weighted by Gasteiger charge is -2.24. The van der Waals surface area contributed by atoms with E-state index in [4.69, 9.17) is 14.6 Å². The number of likely N-dealkylation sites (N-methyl/N-ethyl adjacent to an activating group) is 1. The Morgan fingerprint density at radius 1 is 0.714 bits per heavy atom. The van der Waals surface area contributed by atoms with Crippen molar-refractivity contribution < 1.29 is 14.6 Å². The molecule has 0 aliphatic rings. The molecule has 0 saturated heterocycles. The predicted octanol–water partition coefficient (Wildman–Crippen LogP) is 5.81. The van der Waals surface area contributed by atoms with Gasteiger partial charge in [0, 0.05) is 26.3 Å². The van der Waals surface area contributed by atoms with Crippen LogP contribution in [-0.2, 0) is 9.47 Å². The summed E-state index contributed by atoms with van der Waals surface area (Å²) < 4.78 is 12.0. The Labute approximate surface area is 176 Å². The predicted molar refractivity (Wildman–Crippen MR) is 121 cm³/mol. The number of aliphatic hydroxyl groups excluding tert-OH is 1. The van der Waals surface area contributed by atoms with Gasteiger partial charge in [0.1, 0.15) is 0 Å². The number of aliphatic hydroxyl groups is 1. The Morgan fingerprint density at radius 2 is 1.21 bits per heavy atom. The molecule has 0 aromatic rings. The van der Waals surface area contributed by atoms with Crippen LogP contribution in [0.4, 0.5) is 0 Å². The summed E-state index contributed by atoms with van der Waals surface area (Å²) in [6.07, 6.45) is 18.6. The zero-order chi connectivity index (χ0) is 20.7. The summed E-state index contributed by atoms with van der Waals surface area (Å²) in [6.45, 7) is 8.54. The molecule has 1 unspecified atom stereocenters. The number of hydrogen-bond acceptors (Lipinski definition) is 4. The summed E-state index contributed by atoms with van der Waals surface area (Å²) in [5.74, 6) is 0. The van der Waals surface area contributed by atoms with Gasteiger partial charge in [0.2, 0.25) is 0 Å². The molecule has 0 heterocycles. The molecule has 0 saturated carbocycles. The molecule has 28 heavy (non-hydrogen) atoms. The molecular formula is C24H51NO3. The van der Waals surface area contributed by atoms with Crippen molar-refractivity contribution in [1.82, 2.24) is 4.90 Å². The molecule has 0 bridgehead atoms. The maximum atomic E-state index is 9.10. The van der Waals surface area contributed by atoms with Crippen LogP contribution in [0.15, 0.2) is 0 Å². The first-order valence-corrected chi connectivity index (χ1v) is 12.2. The minimum Gasteiger partial charge on any atom is -0.395 e. The van der Waals surface area contributed by atoms with Crippen LogP contribution in [0.1, 0.15) is 104 Å². The zero-order valence-electron chi connectivity index (χ0n) is 19.4. The second kappa shape index (κ2) is 23.1. The molecule has 170 valence electrons. The van der Waals surface area contributed by atoms with Gasteiger partial charge in [-0.05, 0) is 19.9 Å². The molecular weight excluding hydrogens is 350 g/mol. The van der Waals surface area contributed by atoms with Crippen LogP contribution in [0.25, 0.3) is 0 Å². The van der Waals surface area contributed by atoms with Gasteiger partial charge in [0.15, 0.2) is 0 Å². The first kappa shape index (κ1) is 27.8. The fourth-order valence-corrected chi connectivity index (χ4v) is 3.45. The van der Waals surface area contributed by atoms with E-state index in [0.29, 0.717) is 13.2 Å². The Kier molecular flexibility index (Phi) is 23.0. The van der Waals surface area contributed by atoms with Crippen LogP contribution in [-0.4, -0.2) is 62.7 Å². The van der Waals surface area contributed by atoms with Gasteiger partial charge in [-0.2, -0.15) is 0 Å². The molecule has 0 spiro atoms. The van der Waals surface area contributed by atoms with Crippen molar-refractivity contribution in [1.29, 1.82) is 0 Å². The third-order valence-electron chi connectivity index (χ3n) is 5.29. The number of ether oxygens (including phenoxy) is 2. The number of hydrogen-bond donors (Lipinski definition) is 1. The van der Waals surface area contributed by atoms with E-state index in [1.807, 2.05) is 7.05 Å². The second-order valence-electron chi connectivity index (χ2n) is 8.30. The lowest BCUT2D eigenvalue weighted by Crippen LogP contribution is -2.36. The van der Waals surface area contributed by atoms with Crippen LogP contribution < -0.4 is 0 Å². The number of unbranched alkanes of at least 4 members (excludes halogenated alkanes) is 12. The molecule has 0 amide bonds. The van der Waals surface area contributed by atoms with E-state index in [2.05, 4.69) is 18.7 Å². The van der Waals surface area contributed by atoms with Gasteiger partial charge in [-0.15, -0.1) is 0 Å². The van der Waals surface area contributed by atoms with Crippen molar-refractivity contribution in [2.75, 3.05) is 46.6 Å². The van der Waals surface area contributed by atoms with E-state index in [0.717, 1.165) is 32.6 Å². The van der Waals surface area contributed by atoms with Gasteiger partial charge >= 0.3 is 0 Å². The molecule has 0 aromatic carbocycles. The number of rotatable bonds is 23. The van der Waals surface area contributed by atoms with Crippen LogP contribution in [0.5, 0.6) is 0 Å². The summed E-state index contributed by atoms with van der Waals surface area (Å²) >= 11 is 0. The Balaban J connectivity index is 3.67. The van der Waals surface area contributed by atoms with Gasteiger partial charge in [0.05, 0.1) is 19.3 Å². The quantitative estimate of drug-likeness (QED) is 0.219. The van der Waals surface area contributed by atoms with Gasteiger partial charge in [-0.25, -0.2) is 0 Å². The fraction of sp³-hybridized carbons (Fsp3) is 1.00. The Morgan fingerprint density at radius 3 is 1.79 bits per heavy atom. The maximum Gasteiger partial charge on any atom is 0.0934 e. The molecule has 0 aliphatic heterocycles. The van der Waals surface area contributed by atoms with Crippen molar-refractivity contribution >= 4 is 0 Å². The highest BCUT2D eigenvalue weighted by Gasteiger charge is 2.12. The molecule has 0 aromatic heterocycles. The van der Waals surface area contributed by atoms with Gasteiger partial charge < -0.3 is 19.5 Å². The van der Waals surface area contributed by atoms with E-state index in [9.17, 15) is 0 Å². The minimum atomic E-state index is 0.112. The normalized spacial score (nSPS) is 12.8. The molecule has 1 N–H and O–H groups in total. The topological polar surface area (TPSA) is 41.9 Å². The van der Waals surface area contributed by atoms with Crippen LogP contribution in [0.2, 0.25) is 0 Å². The van der Waals surface area contributed by atoms with Crippen LogP contribution in [0, 0.1) is 0 Å². The molecule has 0 fully saturated rings. The average Bonchev–Trinajstić information content (AvgIpc) is 2.68. The summed E-state index contributed by atoms with van der Waals surface area (Å²) in [6, 6.07) is 0.